The highest BCUT2D eigenvalue weighted by Crippen LogP contribution is 2.16. The summed E-state index contributed by atoms with van der Waals surface area (Å²) in [6, 6.07) is 14.2. The van der Waals surface area contributed by atoms with E-state index in [9.17, 15) is 4.79 Å². The monoisotopic (exact) mass is 258 g/mol. The molecule has 2 nitrogen and oxygen atoms in total. The molecule has 2 aromatic carbocycles. The van der Waals surface area contributed by atoms with Gasteiger partial charge in [0.25, 0.3) is 0 Å². The van der Waals surface area contributed by atoms with Crippen LogP contribution in [0.15, 0.2) is 48.5 Å². The van der Waals surface area contributed by atoms with Gasteiger partial charge in [-0.2, -0.15) is 0 Å². The van der Waals surface area contributed by atoms with E-state index in [2.05, 4.69) is 0 Å². The van der Waals surface area contributed by atoms with Gasteiger partial charge in [0.1, 0.15) is 0 Å². The topological polar surface area (TPSA) is 37.3 Å². The van der Waals surface area contributed by atoms with E-state index >= 15 is 0 Å². The lowest BCUT2D eigenvalue weighted by Crippen LogP contribution is -1.98. The third kappa shape index (κ3) is 2.99. The SMILES string of the molecule is O=C(O)c1ccccc1/C=C\c1cccc(Cl)c1. The molecule has 2 rings (SSSR count). The van der Waals surface area contributed by atoms with E-state index in [1.54, 1.807) is 30.3 Å². The highest BCUT2D eigenvalue weighted by Gasteiger charge is 2.05. The summed E-state index contributed by atoms with van der Waals surface area (Å²) in [5.74, 6) is -0.929. The quantitative estimate of drug-likeness (QED) is 0.838. The molecule has 0 unspecified atom stereocenters. The van der Waals surface area contributed by atoms with Gasteiger partial charge >= 0.3 is 5.97 Å². The largest absolute Gasteiger partial charge is 0.478 e. The van der Waals surface area contributed by atoms with Crippen LogP contribution in [-0.2, 0) is 0 Å². The second-order valence-corrected chi connectivity index (χ2v) is 4.22. The van der Waals surface area contributed by atoms with E-state index in [4.69, 9.17) is 16.7 Å². The van der Waals surface area contributed by atoms with E-state index in [1.807, 2.05) is 30.3 Å². The van der Waals surface area contributed by atoms with Crippen molar-refractivity contribution in [2.24, 2.45) is 0 Å². The van der Waals surface area contributed by atoms with Gasteiger partial charge in [-0.15, -0.1) is 0 Å². The van der Waals surface area contributed by atoms with Crippen molar-refractivity contribution >= 4 is 29.7 Å². The van der Waals surface area contributed by atoms with Crippen LogP contribution in [0.5, 0.6) is 0 Å². The lowest BCUT2D eigenvalue weighted by atomic mass is 10.1. The lowest BCUT2D eigenvalue weighted by Gasteiger charge is -2.00. The van der Waals surface area contributed by atoms with Crippen LogP contribution in [0.25, 0.3) is 12.2 Å². The standard InChI is InChI=1S/C15H11ClO2/c16-13-6-3-4-11(10-13)8-9-12-5-1-2-7-14(12)15(17)18/h1-10H,(H,17,18)/b9-8-. The van der Waals surface area contributed by atoms with E-state index in [-0.39, 0.29) is 5.56 Å². The van der Waals surface area contributed by atoms with Gasteiger partial charge in [-0.3, -0.25) is 0 Å². The molecule has 1 N–H and O–H groups in total. The Labute approximate surface area is 110 Å². The van der Waals surface area contributed by atoms with Crippen molar-refractivity contribution in [3.05, 3.63) is 70.2 Å². The van der Waals surface area contributed by atoms with Crippen LogP contribution in [0.3, 0.4) is 0 Å². The van der Waals surface area contributed by atoms with Crippen molar-refractivity contribution in [1.29, 1.82) is 0 Å². The smallest absolute Gasteiger partial charge is 0.336 e. The molecule has 90 valence electrons. The Morgan fingerprint density at radius 2 is 1.83 bits per heavy atom. The molecule has 0 aliphatic carbocycles. The molecule has 0 radical (unpaired) electrons. The number of hydrogen-bond donors (Lipinski definition) is 1. The molecule has 0 aromatic heterocycles. The van der Waals surface area contributed by atoms with Crippen LogP contribution >= 0.6 is 11.6 Å². The summed E-state index contributed by atoms with van der Waals surface area (Å²) in [6.45, 7) is 0. The van der Waals surface area contributed by atoms with Crippen molar-refractivity contribution in [1.82, 2.24) is 0 Å². The van der Waals surface area contributed by atoms with E-state index in [0.717, 1.165) is 5.56 Å². The maximum atomic E-state index is 11.0. The van der Waals surface area contributed by atoms with Gasteiger partial charge in [0.2, 0.25) is 0 Å². The molecular formula is C15H11ClO2. The molecule has 0 heterocycles. The fourth-order valence-corrected chi connectivity index (χ4v) is 1.83. The van der Waals surface area contributed by atoms with Gasteiger partial charge in [0.15, 0.2) is 0 Å². The second-order valence-electron chi connectivity index (χ2n) is 3.78. The van der Waals surface area contributed by atoms with E-state index in [1.165, 1.54) is 0 Å². The van der Waals surface area contributed by atoms with Crippen molar-refractivity contribution in [2.45, 2.75) is 0 Å². The Morgan fingerprint density at radius 3 is 2.56 bits per heavy atom. The molecule has 0 atom stereocenters. The Kier molecular flexibility index (Phi) is 3.80. The molecule has 0 fully saturated rings. The number of carboxylic acid groups (broad SMARTS) is 1. The summed E-state index contributed by atoms with van der Waals surface area (Å²) in [6.07, 6.45) is 3.61. The zero-order chi connectivity index (χ0) is 13.0. The van der Waals surface area contributed by atoms with Crippen LogP contribution in [0.4, 0.5) is 0 Å². The van der Waals surface area contributed by atoms with E-state index < -0.39 is 5.97 Å². The molecule has 0 aliphatic heterocycles. The number of carbonyl (C=O) groups is 1. The molecule has 3 heteroatoms. The molecule has 0 amide bonds. The summed E-state index contributed by atoms with van der Waals surface area (Å²) in [5.41, 5.74) is 1.89. The predicted molar refractivity (Wildman–Crippen MR) is 73.8 cm³/mol. The van der Waals surface area contributed by atoms with Gasteiger partial charge < -0.3 is 5.11 Å². The third-order valence-electron chi connectivity index (χ3n) is 2.50. The van der Waals surface area contributed by atoms with Crippen molar-refractivity contribution in [2.75, 3.05) is 0 Å². The average molecular weight is 259 g/mol. The van der Waals surface area contributed by atoms with Crippen LogP contribution < -0.4 is 0 Å². The first-order valence-electron chi connectivity index (χ1n) is 5.43. The number of halogens is 1. The molecule has 0 aliphatic rings. The number of carboxylic acids is 1. The minimum atomic E-state index is -0.929. The van der Waals surface area contributed by atoms with Gasteiger partial charge in [-0.05, 0) is 29.3 Å². The van der Waals surface area contributed by atoms with Crippen molar-refractivity contribution in [3.8, 4) is 0 Å². The summed E-state index contributed by atoms with van der Waals surface area (Å²) in [7, 11) is 0. The lowest BCUT2D eigenvalue weighted by molar-refractivity contribution is 0.0696. The zero-order valence-corrected chi connectivity index (χ0v) is 10.3. The minimum absolute atomic E-state index is 0.288. The Bertz CT molecular complexity index is 603. The predicted octanol–water partition coefficient (Wildman–Crippen LogP) is 4.21. The summed E-state index contributed by atoms with van der Waals surface area (Å²) in [5, 5.41) is 9.71. The first-order chi connectivity index (χ1) is 8.66. The van der Waals surface area contributed by atoms with Gasteiger partial charge in [-0.1, -0.05) is 54.1 Å². The first kappa shape index (κ1) is 12.4. The normalized spacial score (nSPS) is 10.7. The van der Waals surface area contributed by atoms with Crippen molar-refractivity contribution < 1.29 is 9.90 Å². The van der Waals surface area contributed by atoms with Crippen molar-refractivity contribution in [3.63, 3.8) is 0 Å². The highest BCUT2D eigenvalue weighted by molar-refractivity contribution is 6.30. The molecular weight excluding hydrogens is 248 g/mol. The fourth-order valence-electron chi connectivity index (χ4n) is 1.63. The first-order valence-corrected chi connectivity index (χ1v) is 5.80. The van der Waals surface area contributed by atoms with Crippen LogP contribution in [-0.4, -0.2) is 11.1 Å². The maximum Gasteiger partial charge on any atom is 0.336 e. The maximum absolute atomic E-state index is 11.0. The minimum Gasteiger partial charge on any atom is -0.478 e. The Morgan fingerprint density at radius 1 is 1.06 bits per heavy atom. The molecule has 0 spiro atoms. The van der Waals surface area contributed by atoms with Crippen LogP contribution in [0, 0.1) is 0 Å². The number of hydrogen-bond acceptors (Lipinski definition) is 1. The summed E-state index contributed by atoms with van der Waals surface area (Å²) >= 11 is 5.88. The second kappa shape index (κ2) is 5.52. The Hall–Kier alpha value is -2.06. The molecule has 0 saturated carbocycles. The molecule has 0 saturated heterocycles. The number of rotatable bonds is 3. The molecule has 0 bridgehead atoms. The highest BCUT2D eigenvalue weighted by atomic mass is 35.5. The summed E-state index contributed by atoms with van der Waals surface area (Å²) in [4.78, 5) is 11.0. The number of aromatic carboxylic acids is 1. The Balaban J connectivity index is 2.32. The van der Waals surface area contributed by atoms with Gasteiger partial charge in [-0.25, -0.2) is 4.79 Å². The molecule has 18 heavy (non-hydrogen) atoms. The zero-order valence-electron chi connectivity index (χ0n) is 9.51. The third-order valence-corrected chi connectivity index (χ3v) is 2.73. The van der Waals surface area contributed by atoms with E-state index in [0.29, 0.717) is 10.6 Å². The van der Waals surface area contributed by atoms with Crippen LogP contribution in [0.1, 0.15) is 21.5 Å². The van der Waals surface area contributed by atoms with Gasteiger partial charge in [0.05, 0.1) is 5.56 Å². The fraction of sp³-hybridized carbons (Fsp3) is 0. The number of benzene rings is 2. The van der Waals surface area contributed by atoms with Crippen LogP contribution in [0.2, 0.25) is 5.02 Å². The average Bonchev–Trinajstić information content (AvgIpc) is 2.37. The van der Waals surface area contributed by atoms with Gasteiger partial charge in [0, 0.05) is 5.02 Å². The summed E-state index contributed by atoms with van der Waals surface area (Å²) < 4.78 is 0. The molecule has 2 aromatic rings.